The van der Waals surface area contributed by atoms with E-state index in [0.29, 0.717) is 0 Å². The topological polar surface area (TPSA) is 33.0 Å². The van der Waals surface area contributed by atoms with Crippen molar-refractivity contribution >= 4 is 11.8 Å². The number of thioether (sulfide) groups is 1. The van der Waals surface area contributed by atoms with Crippen molar-refractivity contribution in [1.29, 1.82) is 5.26 Å². The van der Waals surface area contributed by atoms with Crippen LogP contribution in [0.4, 0.5) is 4.39 Å². The summed E-state index contributed by atoms with van der Waals surface area (Å²) in [6.45, 7) is 0.764. The lowest BCUT2D eigenvalue weighted by atomic mass is 10.1. The zero-order valence-corrected chi connectivity index (χ0v) is 10.0. The Morgan fingerprint density at radius 3 is 3.00 bits per heavy atom. The number of methoxy groups -OCH3 is 1. The van der Waals surface area contributed by atoms with E-state index in [9.17, 15) is 4.39 Å². The fourth-order valence-corrected chi connectivity index (χ4v) is 2.12. The first-order valence-corrected chi connectivity index (χ1v) is 6.18. The summed E-state index contributed by atoms with van der Waals surface area (Å²) in [5.74, 6) is 1.36. The zero-order chi connectivity index (χ0) is 11.8. The Hall–Kier alpha value is -1.05. The number of hydrogen-bond donors (Lipinski definition) is 0. The van der Waals surface area contributed by atoms with Crippen LogP contribution in [0.1, 0.15) is 17.5 Å². The van der Waals surface area contributed by atoms with E-state index in [1.807, 2.05) is 6.07 Å². The molecule has 1 aromatic carbocycles. The monoisotopic (exact) mass is 239 g/mol. The number of nitriles is 1. The van der Waals surface area contributed by atoms with Crippen LogP contribution in [0.2, 0.25) is 0 Å². The van der Waals surface area contributed by atoms with E-state index in [2.05, 4.69) is 0 Å². The molecule has 0 aliphatic carbocycles. The highest BCUT2D eigenvalue weighted by Gasteiger charge is 2.02. The molecule has 0 N–H and O–H groups in total. The molecular formula is C12H14FNOS. The smallest absolute Gasteiger partial charge is 0.140 e. The Morgan fingerprint density at radius 1 is 1.50 bits per heavy atom. The number of ether oxygens (including phenoxy) is 1. The van der Waals surface area contributed by atoms with Crippen LogP contribution >= 0.6 is 11.8 Å². The third kappa shape index (κ3) is 4.21. The zero-order valence-electron chi connectivity index (χ0n) is 9.20. The minimum atomic E-state index is -0.448. The second-order valence-electron chi connectivity index (χ2n) is 3.32. The lowest BCUT2D eigenvalue weighted by Gasteiger charge is -2.02. The van der Waals surface area contributed by atoms with E-state index >= 15 is 0 Å². The van der Waals surface area contributed by atoms with Crippen LogP contribution in [-0.2, 0) is 10.5 Å². The Kier molecular flexibility index (Phi) is 5.91. The molecule has 0 aliphatic rings. The summed E-state index contributed by atoms with van der Waals surface area (Å²) in [5, 5.41) is 8.67. The maximum atomic E-state index is 13.0. The van der Waals surface area contributed by atoms with E-state index < -0.39 is 5.82 Å². The summed E-state index contributed by atoms with van der Waals surface area (Å²) in [6, 6.07) is 6.52. The van der Waals surface area contributed by atoms with Gasteiger partial charge in [-0.1, -0.05) is 6.07 Å². The highest BCUT2D eigenvalue weighted by atomic mass is 32.2. The normalized spacial score (nSPS) is 10.1. The number of rotatable bonds is 6. The first-order valence-electron chi connectivity index (χ1n) is 5.03. The molecule has 86 valence electrons. The molecule has 0 spiro atoms. The minimum absolute atomic E-state index is 0.120. The number of hydrogen-bond acceptors (Lipinski definition) is 3. The number of benzene rings is 1. The Morgan fingerprint density at radius 2 is 2.31 bits per heavy atom. The van der Waals surface area contributed by atoms with Crippen molar-refractivity contribution in [2.45, 2.75) is 12.2 Å². The van der Waals surface area contributed by atoms with Crippen molar-refractivity contribution in [2.75, 3.05) is 19.5 Å². The van der Waals surface area contributed by atoms with Crippen molar-refractivity contribution in [1.82, 2.24) is 0 Å². The van der Waals surface area contributed by atoms with Gasteiger partial charge in [-0.15, -0.1) is 0 Å². The Labute approximate surface area is 99.4 Å². The van der Waals surface area contributed by atoms with Crippen molar-refractivity contribution in [3.63, 3.8) is 0 Å². The van der Waals surface area contributed by atoms with Crippen molar-refractivity contribution in [3.05, 3.63) is 35.1 Å². The summed E-state index contributed by atoms with van der Waals surface area (Å²) in [7, 11) is 1.68. The lowest BCUT2D eigenvalue weighted by Crippen LogP contribution is -1.92. The van der Waals surface area contributed by atoms with E-state index in [-0.39, 0.29) is 5.56 Å². The van der Waals surface area contributed by atoms with Gasteiger partial charge in [0, 0.05) is 19.5 Å². The second kappa shape index (κ2) is 7.26. The van der Waals surface area contributed by atoms with Gasteiger partial charge in [0.1, 0.15) is 11.9 Å². The number of halogens is 1. The second-order valence-corrected chi connectivity index (χ2v) is 4.43. The van der Waals surface area contributed by atoms with E-state index in [1.54, 1.807) is 31.0 Å². The standard InChI is InChI=1S/C12H14FNOS/c1-15-5-2-6-16-9-10-3-4-12(13)11(7-10)8-14/h3-4,7H,2,5-6,9H2,1H3. The van der Waals surface area contributed by atoms with Crippen LogP contribution in [0, 0.1) is 17.1 Å². The lowest BCUT2D eigenvalue weighted by molar-refractivity contribution is 0.200. The van der Waals surface area contributed by atoms with Gasteiger partial charge in [0.05, 0.1) is 5.56 Å². The maximum absolute atomic E-state index is 13.0. The van der Waals surface area contributed by atoms with Crippen molar-refractivity contribution < 1.29 is 9.13 Å². The highest BCUT2D eigenvalue weighted by molar-refractivity contribution is 7.98. The van der Waals surface area contributed by atoms with Gasteiger partial charge in [-0.3, -0.25) is 0 Å². The summed E-state index contributed by atoms with van der Waals surface area (Å²) >= 11 is 1.76. The molecule has 0 amide bonds. The van der Waals surface area contributed by atoms with Crippen LogP contribution < -0.4 is 0 Å². The van der Waals surface area contributed by atoms with Gasteiger partial charge in [0.25, 0.3) is 0 Å². The average Bonchev–Trinajstić information content (AvgIpc) is 2.31. The summed E-state index contributed by atoms with van der Waals surface area (Å²) in [5.41, 5.74) is 1.11. The Balaban J connectivity index is 2.40. The van der Waals surface area contributed by atoms with Crippen LogP contribution in [-0.4, -0.2) is 19.5 Å². The third-order valence-electron chi connectivity index (χ3n) is 2.06. The fourth-order valence-electron chi connectivity index (χ4n) is 1.24. The average molecular weight is 239 g/mol. The minimum Gasteiger partial charge on any atom is -0.385 e. The summed E-state index contributed by atoms with van der Waals surface area (Å²) < 4.78 is 18.0. The molecule has 0 aliphatic heterocycles. The van der Waals surface area contributed by atoms with Crippen LogP contribution in [0.15, 0.2) is 18.2 Å². The maximum Gasteiger partial charge on any atom is 0.140 e. The molecule has 0 saturated heterocycles. The van der Waals surface area contributed by atoms with Gasteiger partial charge in [0.15, 0.2) is 0 Å². The van der Waals surface area contributed by atoms with Crippen molar-refractivity contribution in [3.8, 4) is 6.07 Å². The molecule has 4 heteroatoms. The first kappa shape index (κ1) is 13.0. The molecule has 0 radical (unpaired) electrons. The highest BCUT2D eigenvalue weighted by Crippen LogP contribution is 2.16. The predicted octanol–water partition coefficient (Wildman–Crippen LogP) is 2.97. The summed E-state index contributed by atoms with van der Waals surface area (Å²) in [4.78, 5) is 0. The van der Waals surface area contributed by atoms with E-state index in [1.165, 1.54) is 6.07 Å². The molecule has 16 heavy (non-hydrogen) atoms. The largest absolute Gasteiger partial charge is 0.385 e. The van der Waals surface area contributed by atoms with Crippen molar-refractivity contribution in [2.24, 2.45) is 0 Å². The van der Waals surface area contributed by atoms with E-state index in [0.717, 1.165) is 30.1 Å². The Bertz CT molecular complexity index is 376. The molecular weight excluding hydrogens is 225 g/mol. The van der Waals surface area contributed by atoms with Crippen LogP contribution in [0.25, 0.3) is 0 Å². The molecule has 0 fully saturated rings. The molecule has 0 unspecified atom stereocenters. The molecule has 1 aromatic rings. The molecule has 0 saturated carbocycles. The molecule has 2 nitrogen and oxygen atoms in total. The molecule has 0 bridgehead atoms. The first-order chi connectivity index (χ1) is 7.77. The predicted molar refractivity (Wildman–Crippen MR) is 63.8 cm³/mol. The third-order valence-corrected chi connectivity index (χ3v) is 3.17. The SMILES string of the molecule is COCCCSCc1ccc(F)c(C#N)c1. The van der Waals surface area contributed by atoms with Gasteiger partial charge < -0.3 is 4.74 Å². The summed E-state index contributed by atoms with van der Waals surface area (Å²) in [6.07, 6.45) is 1.01. The van der Waals surface area contributed by atoms with Gasteiger partial charge in [-0.05, 0) is 29.9 Å². The fraction of sp³-hybridized carbons (Fsp3) is 0.417. The number of nitrogens with zero attached hydrogens (tertiary/aromatic N) is 1. The van der Waals surface area contributed by atoms with Gasteiger partial charge in [0.2, 0.25) is 0 Å². The van der Waals surface area contributed by atoms with Crippen LogP contribution in [0.3, 0.4) is 0 Å². The van der Waals surface area contributed by atoms with Gasteiger partial charge in [-0.25, -0.2) is 4.39 Å². The van der Waals surface area contributed by atoms with Gasteiger partial charge >= 0.3 is 0 Å². The van der Waals surface area contributed by atoms with Gasteiger partial charge in [-0.2, -0.15) is 17.0 Å². The molecule has 1 rings (SSSR count). The quantitative estimate of drug-likeness (QED) is 0.715. The molecule has 0 atom stereocenters. The van der Waals surface area contributed by atoms with Crippen LogP contribution in [0.5, 0.6) is 0 Å². The van der Waals surface area contributed by atoms with E-state index in [4.69, 9.17) is 10.00 Å². The molecule has 0 aromatic heterocycles. The molecule has 0 heterocycles.